The van der Waals surface area contributed by atoms with Crippen LogP contribution in [0.4, 0.5) is 0 Å². The van der Waals surface area contributed by atoms with Crippen molar-refractivity contribution in [1.82, 2.24) is 9.78 Å². The molecule has 0 atom stereocenters. The van der Waals surface area contributed by atoms with Crippen molar-refractivity contribution in [1.29, 1.82) is 0 Å². The molecule has 0 fully saturated rings. The Morgan fingerprint density at radius 3 is 2.73 bits per heavy atom. The van der Waals surface area contributed by atoms with E-state index < -0.39 is 0 Å². The van der Waals surface area contributed by atoms with Crippen LogP contribution in [0.25, 0.3) is 10.9 Å². The molecule has 0 saturated heterocycles. The quantitative estimate of drug-likeness (QED) is 0.835. The summed E-state index contributed by atoms with van der Waals surface area (Å²) in [6.07, 6.45) is 1.87. The maximum atomic E-state index is 5.40. The van der Waals surface area contributed by atoms with Gasteiger partial charge in [-0.3, -0.25) is 4.68 Å². The minimum atomic E-state index is 0.325. The Balaban J connectivity index is 2.80. The van der Waals surface area contributed by atoms with Crippen LogP contribution in [0, 0.1) is 0 Å². The molecule has 1 aromatic heterocycles. The van der Waals surface area contributed by atoms with Crippen LogP contribution in [0.15, 0.2) is 22.8 Å². The standard InChI is InChI=1S/C11H13BrN2O/c1-7(2)14-10-8(6-13-14)4-5-9(12)11(10)15-3/h4-7H,1-3H3. The molecule has 2 aromatic rings. The van der Waals surface area contributed by atoms with E-state index in [9.17, 15) is 0 Å². The molecule has 0 unspecified atom stereocenters. The van der Waals surface area contributed by atoms with Crippen LogP contribution in [0.3, 0.4) is 0 Å². The van der Waals surface area contributed by atoms with Crippen molar-refractivity contribution >= 4 is 26.8 Å². The molecule has 0 radical (unpaired) electrons. The topological polar surface area (TPSA) is 27.1 Å². The van der Waals surface area contributed by atoms with Gasteiger partial charge in [-0.1, -0.05) is 0 Å². The van der Waals surface area contributed by atoms with Crippen molar-refractivity contribution in [3.8, 4) is 5.75 Å². The Morgan fingerprint density at radius 1 is 1.40 bits per heavy atom. The van der Waals surface area contributed by atoms with Crippen molar-refractivity contribution in [3.05, 3.63) is 22.8 Å². The van der Waals surface area contributed by atoms with Gasteiger partial charge in [-0.15, -0.1) is 0 Å². The van der Waals surface area contributed by atoms with Crippen LogP contribution in [0.5, 0.6) is 5.75 Å². The Hall–Kier alpha value is -1.03. The van der Waals surface area contributed by atoms with E-state index >= 15 is 0 Å². The van der Waals surface area contributed by atoms with Gasteiger partial charge in [-0.25, -0.2) is 0 Å². The Kier molecular flexibility index (Phi) is 2.69. The average Bonchev–Trinajstić information content (AvgIpc) is 2.61. The van der Waals surface area contributed by atoms with Gasteiger partial charge < -0.3 is 4.74 Å². The summed E-state index contributed by atoms with van der Waals surface area (Å²) >= 11 is 3.48. The van der Waals surface area contributed by atoms with E-state index in [0.717, 1.165) is 21.1 Å². The van der Waals surface area contributed by atoms with Crippen molar-refractivity contribution in [2.45, 2.75) is 19.9 Å². The third-order valence-corrected chi connectivity index (χ3v) is 2.98. The lowest BCUT2D eigenvalue weighted by Gasteiger charge is -2.11. The molecule has 3 nitrogen and oxygen atoms in total. The van der Waals surface area contributed by atoms with Gasteiger partial charge in [0.25, 0.3) is 0 Å². The maximum Gasteiger partial charge on any atom is 0.158 e. The van der Waals surface area contributed by atoms with E-state index in [1.807, 2.05) is 23.0 Å². The van der Waals surface area contributed by atoms with Gasteiger partial charge >= 0.3 is 0 Å². The third kappa shape index (κ3) is 1.63. The molecule has 0 bridgehead atoms. The summed E-state index contributed by atoms with van der Waals surface area (Å²) in [6, 6.07) is 4.34. The number of hydrogen-bond donors (Lipinski definition) is 0. The molecule has 0 aliphatic carbocycles. The van der Waals surface area contributed by atoms with E-state index in [1.165, 1.54) is 0 Å². The van der Waals surface area contributed by atoms with Crippen LogP contribution in [0.1, 0.15) is 19.9 Å². The van der Waals surface area contributed by atoms with Crippen molar-refractivity contribution in [2.75, 3.05) is 7.11 Å². The molecule has 1 aromatic carbocycles. The number of hydrogen-bond acceptors (Lipinski definition) is 2. The molecule has 80 valence electrons. The molecule has 1 heterocycles. The summed E-state index contributed by atoms with van der Waals surface area (Å²) in [6.45, 7) is 4.21. The molecule has 0 spiro atoms. The Morgan fingerprint density at radius 2 is 2.13 bits per heavy atom. The lowest BCUT2D eigenvalue weighted by Crippen LogP contribution is -2.03. The lowest BCUT2D eigenvalue weighted by atomic mass is 10.2. The number of benzene rings is 1. The highest BCUT2D eigenvalue weighted by molar-refractivity contribution is 9.10. The van der Waals surface area contributed by atoms with E-state index in [4.69, 9.17) is 4.74 Å². The molecule has 0 amide bonds. The second kappa shape index (κ2) is 3.85. The summed E-state index contributed by atoms with van der Waals surface area (Å²) in [5.41, 5.74) is 1.04. The predicted octanol–water partition coefficient (Wildman–Crippen LogP) is 3.39. The molecule has 0 N–H and O–H groups in total. The zero-order valence-electron chi connectivity index (χ0n) is 8.99. The minimum absolute atomic E-state index is 0.325. The summed E-state index contributed by atoms with van der Waals surface area (Å²) in [5, 5.41) is 5.46. The van der Waals surface area contributed by atoms with E-state index in [-0.39, 0.29) is 0 Å². The van der Waals surface area contributed by atoms with Crippen LogP contribution in [-0.4, -0.2) is 16.9 Å². The number of fused-ring (bicyclic) bond motifs is 1. The Labute approximate surface area is 97.2 Å². The molecular formula is C11H13BrN2O. The number of halogens is 1. The summed E-state index contributed by atoms with van der Waals surface area (Å²) in [5.74, 6) is 0.846. The minimum Gasteiger partial charge on any atom is -0.493 e. The molecule has 0 aliphatic heterocycles. The summed E-state index contributed by atoms with van der Waals surface area (Å²) < 4.78 is 8.33. The number of rotatable bonds is 2. The fraction of sp³-hybridized carbons (Fsp3) is 0.364. The van der Waals surface area contributed by atoms with Gasteiger partial charge in [0, 0.05) is 11.4 Å². The highest BCUT2D eigenvalue weighted by Crippen LogP contribution is 2.34. The zero-order chi connectivity index (χ0) is 11.0. The molecule has 0 saturated carbocycles. The third-order valence-electron chi connectivity index (χ3n) is 2.36. The molecule has 4 heteroatoms. The number of aromatic nitrogens is 2. The summed E-state index contributed by atoms with van der Waals surface area (Å²) in [7, 11) is 1.68. The van der Waals surface area contributed by atoms with E-state index in [2.05, 4.69) is 34.9 Å². The van der Waals surface area contributed by atoms with Crippen LogP contribution in [-0.2, 0) is 0 Å². The lowest BCUT2D eigenvalue weighted by molar-refractivity contribution is 0.411. The highest BCUT2D eigenvalue weighted by atomic mass is 79.9. The van der Waals surface area contributed by atoms with Gasteiger partial charge in [-0.05, 0) is 41.9 Å². The van der Waals surface area contributed by atoms with Crippen LogP contribution in [0.2, 0.25) is 0 Å². The first-order valence-electron chi connectivity index (χ1n) is 4.85. The number of ether oxygens (including phenoxy) is 1. The first-order valence-corrected chi connectivity index (χ1v) is 5.64. The van der Waals surface area contributed by atoms with Crippen molar-refractivity contribution in [3.63, 3.8) is 0 Å². The zero-order valence-corrected chi connectivity index (χ0v) is 10.6. The van der Waals surface area contributed by atoms with E-state index in [1.54, 1.807) is 7.11 Å². The van der Waals surface area contributed by atoms with Gasteiger partial charge in [0.05, 0.1) is 17.8 Å². The monoisotopic (exact) mass is 268 g/mol. The second-order valence-electron chi connectivity index (χ2n) is 3.70. The van der Waals surface area contributed by atoms with Gasteiger partial charge in [-0.2, -0.15) is 5.10 Å². The SMILES string of the molecule is COc1c(Br)ccc2cnn(C(C)C)c12. The van der Waals surface area contributed by atoms with Crippen LogP contribution >= 0.6 is 15.9 Å². The Bertz CT molecular complexity index is 491. The number of methoxy groups -OCH3 is 1. The van der Waals surface area contributed by atoms with Crippen molar-refractivity contribution < 1.29 is 4.74 Å². The maximum absolute atomic E-state index is 5.40. The van der Waals surface area contributed by atoms with E-state index in [0.29, 0.717) is 6.04 Å². The molecule has 2 rings (SSSR count). The second-order valence-corrected chi connectivity index (χ2v) is 4.56. The van der Waals surface area contributed by atoms with Crippen LogP contribution < -0.4 is 4.74 Å². The predicted molar refractivity (Wildman–Crippen MR) is 64.4 cm³/mol. The summed E-state index contributed by atoms with van der Waals surface area (Å²) in [4.78, 5) is 0. The van der Waals surface area contributed by atoms with Gasteiger partial charge in [0.2, 0.25) is 0 Å². The smallest absolute Gasteiger partial charge is 0.158 e. The largest absolute Gasteiger partial charge is 0.493 e. The fourth-order valence-corrected chi connectivity index (χ4v) is 2.15. The first-order chi connectivity index (χ1) is 7.15. The highest BCUT2D eigenvalue weighted by Gasteiger charge is 2.13. The molecule has 0 aliphatic rings. The molecule has 15 heavy (non-hydrogen) atoms. The average molecular weight is 269 g/mol. The van der Waals surface area contributed by atoms with Gasteiger partial charge in [0.1, 0.15) is 5.52 Å². The fourth-order valence-electron chi connectivity index (χ4n) is 1.67. The molecular weight excluding hydrogens is 256 g/mol. The normalized spacial score (nSPS) is 11.3. The van der Waals surface area contributed by atoms with Crippen molar-refractivity contribution in [2.24, 2.45) is 0 Å². The number of nitrogens with zero attached hydrogens (tertiary/aromatic N) is 2. The van der Waals surface area contributed by atoms with Gasteiger partial charge in [0.15, 0.2) is 5.75 Å². The first kappa shape index (κ1) is 10.5.